The summed E-state index contributed by atoms with van der Waals surface area (Å²) in [5.41, 5.74) is 0.786. The maximum absolute atomic E-state index is 12.6. The number of carboxylic acid groups (broad SMARTS) is 1. The molecule has 1 fully saturated rings. The molecule has 25 heavy (non-hydrogen) atoms. The zero-order chi connectivity index (χ0) is 18.4. The van der Waals surface area contributed by atoms with Crippen LogP contribution in [0.25, 0.3) is 6.08 Å². The van der Waals surface area contributed by atoms with Crippen molar-refractivity contribution in [3.05, 3.63) is 28.7 Å². The number of benzene rings is 1. The first-order chi connectivity index (χ1) is 12.0. The highest BCUT2D eigenvalue weighted by Gasteiger charge is 2.34. The lowest BCUT2D eigenvalue weighted by atomic mass is 9.97. The number of ether oxygens (including phenoxy) is 2. The number of hydrogen-bond donors (Lipinski definition) is 1. The monoisotopic (exact) mass is 380 g/mol. The van der Waals surface area contributed by atoms with Crippen molar-refractivity contribution in [2.45, 2.75) is 25.7 Å². The smallest absolute Gasteiger partial charge is 0.303 e. The normalized spacial score (nSPS) is 18.6. The Morgan fingerprint density at radius 1 is 1.32 bits per heavy atom. The van der Waals surface area contributed by atoms with Crippen molar-refractivity contribution in [1.29, 1.82) is 0 Å². The molecule has 0 bridgehead atoms. The number of hydrogen-bond acceptors (Lipinski definition) is 6. The van der Waals surface area contributed by atoms with Crippen LogP contribution in [-0.4, -0.2) is 35.3 Å². The molecule has 1 aromatic carbocycles. The number of thiocarbonyl (C=S) groups is 1. The summed E-state index contributed by atoms with van der Waals surface area (Å²) in [6.07, 6.45) is 3.72. The van der Waals surface area contributed by atoms with Crippen molar-refractivity contribution in [2.24, 2.45) is 5.92 Å². The van der Waals surface area contributed by atoms with E-state index < -0.39 is 5.97 Å². The van der Waals surface area contributed by atoms with Crippen molar-refractivity contribution in [3.63, 3.8) is 0 Å². The summed E-state index contributed by atoms with van der Waals surface area (Å²) in [6.45, 7) is 0. The third-order valence-electron chi connectivity index (χ3n) is 3.92. The minimum Gasteiger partial charge on any atom is -0.497 e. The van der Waals surface area contributed by atoms with E-state index in [-0.39, 0.29) is 18.1 Å². The summed E-state index contributed by atoms with van der Waals surface area (Å²) in [5.74, 6) is 0.168. The third kappa shape index (κ3) is 5.06. The highest BCUT2D eigenvalue weighted by Crippen LogP contribution is 2.39. The Morgan fingerprint density at radius 3 is 2.72 bits per heavy atom. The Bertz CT molecular complexity index is 711. The van der Waals surface area contributed by atoms with Crippen LogP contribution in [0.3, 0.4) is 0 Å². The van der Waals surface area contributed by atoms with Crippen LogP contribution in [0, 0.1) is 5.92 Å². The molecule has 1 N–H and O–H groups in total. The number of ketones is 1. The number of allylic oxidation sites excluding steroid dienone is 1. The maximum atomic E-state index is 12.6. The molecule has 1 saturated heterocycles. The molecule has 0 amide bonds. The van der Waals surface area contributed by atoms with Gasteiger partial charge in [-0.25, -0.2) is 0 Å². The van der Waals surface area contributed by atoms with Crippen LogP contribution in [0.2, 0.25) is 0 Å². The van der Waals surface area contributed by atoms with E-state index in [1.165, 1.54) is 11.8 Å². The third-order valence-corrected chi connectivity index (χ3v) is 5.47. The number of unbranched alkanes of at least 4 members (excludes halogenated alkanes) is 1. The molecule has 0 radical (unpaired) electrons. The van der Waals surface area contributed by atoms with Gasteiger partial charge in [0.05, 0.1) is 29.2 Å². The second kappa shape index (κ2) is 9.01. The second-order valence-corrected chi connectivity index (χ2v) is 7.38. The number of methoxy groups -OCH3 is 2. The summed E-state index contributed by atoms with van der Waals surface area (Å²) >= 11 is 6.66. The maximum Gasteiger partial charge on any atom is 0.303 e. The van der Waals surface area contributed by atoms with Crippen LogP contribution in [0.5, 0.6) is 11.5 Å². The van der Waals surface area contributed by atoms with E-state index >= 15 is 0 Å². The van der Waals surface area contributed by atoms with E-state index in [2.05, 4.69) is 0 Å². The predicted molar refractivity (Wildman–Crippen MR) is 102 cm³/mol. The molecule has 1 aromatic rings. The van der Waals surface area contributed by atoms with E-state index in [1.807, 2.05) is 6.07 Å². The van der Waals surface area contributed by atoms with Gasteiger partial charge in [0.1, 0.15) is 11.5 Å². The SMILES string of the molecule is COc1ccc(/C=C2\SC(=S)[C@H](CCCCC(=O)O)C2=O)c(OC)c1. The highest BCUT2D eigenvalue weighted by molar-refractivity contribution is 8.27. The van der Waals surface area contributed by atoms with Crippen LogP contribution in [-0.2, 0) is 9.59 Å². The van der Waals surface area contributed by atoms with E-state index in [1.54, 1.807) is 32.4 Å². The van der Waals surface area contributed by atoms with Gasteiger partial charge in [0, 0.05) is 18.1 Å². The van der Waals surface area contributed by atoms with Gasteiger partial charge in [0.25, 0.3) is 0 Å². The van der Waals surface area contributed by atoms with E-state index in [0.717, 1.165) is 5.56 Å². The number of carbonyl (C=O) groups excluding carboxylic acids is 1. The molecule has 5 nitrogen and oxygen atoms in total. The van der Waals surface area contributed by atoms with Crippen molar-refractivity contribution in [2.75, 3.05) is 14.2 Å². The summed E-state index contributed by atoms with van der Waals surface area (Å²) in [6, 6.07) is 5.40. The summed E-state index contributed by atoms with van der Waals surface area (Å²) < 4.78 is 11.2. The average molecular weight is 380 g/mol. The van der Waals surface area contributed by atoms with Crippen LogP contribution < -0.4 is 9.47 Å². The Kier molecular flexibility index (Phi) is 7.01. The van der Waals surface area contributed by atoms with Crippen molar-refractivity contribution in [1.82, 2.24) is 0 Å². The van der Waals surface area contributed by atoms with Gasteiger partial charge in [0.15, 0.2) is 5.78 Å². The van der Waals surface area contributed by atoms with E-state index in [9.17, 15) is 9.59 Å². The minimum absolute atomic E-state index is 0.00296. The molecule has 0 spiro atoms. The first kappa shape index (κ1) is 19.5. The van der Waals surface area contributed by atoms with Gasteiger partial charge in [-0.15, -0.1) is 0 Å². The topological polar surface area (TPSA) is 72.8 Å². The Morgan fingerprint density at radius 2 is 2.08 bits per heavy atom. The number of aliphatic carboxylic acids is 1. The molecule has 0 aromatic heterocycles. The van der Waals surface area contributed by atoms with Crippen LogP contribution in [0.1, 0.15) is 31.2 Å². The molecule has 134 valence electrons. The van der Waals surface area contributed by atoms with E-state index in [0.29, 0.717) is 39.9 Å². The molecule has 0 unspecified atom stereocenters. The summed E-state index contributed by atoms with van der Waals surface area (Å²) in [7, 11) is 3.15. The quantitative estimate of drug-likeness (QED) is 0.416. The van der Waals surface area contributed by atoms with Gasteiger partial charge in [-0.1, -0.05) is 30.4 Å². The van der Waals surface area contributed by atoms with Crippen LogP contribution in [0.4, 0.5) is 0 Å². The second-order valence-electron chi connectivity index (χ2n) is 5.59. The number of rotatable bonds is 8. The molecular formula is C18H20O5S2. The fourth-order valence-corrected chi connectivity index (χ4v) is 4.07. The largest absolute Gasteiger partial charge is 0.497 e. The molecule has 7 heteroatoms. The van der Waals surface area contributed by atoms with E-state index in [4.69, 9.17) is 26.8 Å². The first-order valence-corrected chi connectivity index (χ1v) is 9.10. The van der Waals surface area contributed by atoms with Crippen molar-refractivity contribution < 1.29 is 24.2 Å². The van der Waals surface area contributed by atoms with Gasteiger partial charge in [-0.05, 0) is 31.1 Å². The van der Waals surface area contributed by atoms with Crippen LogP contribution >= 0.6 is 24.0 Å². The van der Waals surface area contributed by atoms with Gasteiger partial charge in [-0.2, -0.15) is 0 Å². The number of carboxylic acids is 1. The first-order valence-electron chi connectivity index (χ1n) is 7.87. The number of Topliss-reactive ketones (excluding diaryl/α,β-unsaturated/α-hetero) is 1. The lowest BCUT2D eigenvalue weighted by molar-refractivity contribution is -0.137. The molecule has 1 heterocycles. The molecule has 2 rings (SSSR count). The molecular weight excluding hydrogens is 360 g/mol. The van der Waals surface area contributed by atoms with Crippen LogP contribution in [0.15, 0.2) is 23.1 Å². The fraction of sp³-hybridized carbons (Fsp3) is 0.389. The van der Waals surface area contributed by atoms with Gasteiger partial charge in [-0.3, -0.25) is 9.59 Å². The Balaban J connectivity index is 2.10. The summed E-state index contributed by atoms with van der Waals surface area (Å²) in [4.78, 5) is 23.8. The zero-order valence-corrected chi connectivity index (χ0v) is 15.7. The number of thioether (sulfide) groups is 1. The zero-order valence-electron chi connectivity index (χ0n) is 14.1. The van der Waals surface area contributed by atoms with Crippen molar-refractivity contribution in [3.8, 4) is 11.5 Å². The van der Waals surface area contributed by atoms with Gasteiger partial charge in [0.2, 0.25) is 0 Å². The van der Waals surface area contributed by atoms with Crippen molar-refractivity contribution >= 4 is 46.0 Å². The highest BCUT2D eigenvalue weighted by atomic mass is 32.2. The average Bonchev–Trinajstić information content (AvgIpc) is 2.85. The standard InChI is InChI=1S/C18H20O5S2/c1-22-12-8-7-11(14(10-12)23-2)9-15-17(21)13(18(24)25-15)5-3-4-6-16(19)20/h7-10,13H,3-6H2,1-2H3,(H,19,20)/b15-9-/t13-/m1/s1. The lowest BCUT2D eigenvalue weighted by Crippen LogP contribution is -2.13. The number of carbonyl (C=O) groups is 2. The molecule has 1 aliphatic rings. The van der Waals surface area contributed by atoms with Gasteiger partial charge >= 0.3 is 5.97 Å². The fourth-order valence-electron chi connectivity index (χ4n) is 2.56. The molecule has 1 aliphatic heterocycles. The predicted octanol–water partition coefficient (Wildman–Crippen LogP) is 3.95. The molecule has 0 aliphatic carbocycles. The minimum atomic E-state index is -0.818. The summed E-state index contributed by atoms with van der Waals surface area (Å²) in [5, 5.41) is 8.68. The Hall–Kier alpha value is -1.86. The Labute approximate surface area is 156 Å². The lowest BCUT2D eigenvalue weighted by Gasteiger charge is -2.08. The molecule has 0 saturated carbocycles. The molecule has 1 atom stereocenters. The van der Waals surface area contributed by atoms with Gasteiger partial charge < -0.3 is 14.6 Å².